The van der Waals surface area contributed by atoms with Crippen LogP contribution in [0.4, 0.5) is 10.1 Å². The van der Waals surface area contributed by atoms with Gasteiger partial charge in [0.1, 0.15) is 5.82 Å². The van der Waals surface area contributed by atoms with Gasteiger partial charge in [0, 0.05) is 30.9 Å². The van der Waals surface area contributed by atoms with E-state index in [0.29, 0.717) is 12.5 Å². The molecule has 0 aliphatic carbocycles. The van der Waals surface area contributed by atoms with Gasteiger partial charge in [-0.1, -0.05) is 26.8 Å². The van der Waals surface area contributed by atoms with Crippen molar-refractivity contribution in [2.24, 2.45) is 11.8 Å². The van der Waals surface area contributed by atoms with Crippen LogP contribution in [0.15, 0.2) is 18.2 Å². The molecular formula is C16H25FN2. The van der Waals surface area contributed by atoms with Crippen LogP contribution in [-0.4, -0.2) is 19.6 Å². The second-order valence-electron chi connectivity index (χ2n) is 5.76. The molecule has 0 spiro atoms. The SMILES string of the molecule is CCNCc1c(F)cccc1N1CCC(C(C)C)C1. The molecule has 1 saturated heterocycles. The second-order valence-corrected chi connectivity index (χ2v) is 5.76. The molecule has 1 N–H and O–H groups in total. The van der Waals surface area contributed by atoms with Crippen molar-refractivity contribution < 1.29 is 4.39 Å². The molecule has 0 bridgehead atoms. The number of halogens is 1. The maximum atomic E-state index is 14.0. The zero-order valence-electron chi connectivity index (χ0n) is 12.2. The summed E-state index contributed by atoms with van der Waals surface area (Å²) in [6.07, 6.45) is 1.22. The first-order valence-electron chi connectivity index (χ1n) is 7.36. The van der Waals surface area contributed by atoms with Gasteiger partial charge in [0.25, 0.3) is 0 Å². The zero-order valence-corrected chi connectivity index (χ0v) is 12.2. The first-order chi connectivity index (χ1) is 9.13. The van der Waals surface area contributed by atoms with E-state index in [2.05, 4.69) is 30.1 Å². The molecule has 1 fully saturated rings. The van der Waals surface area contributed by atoms with Gasteiger partial charge in [-0.05, 0) is 36.9 Å². The molecule has 0 amide bonds. The largest absolute Gasteiger partial charge is 0.371 e. The molecule has 19 heavy (non-hydrogen) atoms. The van der Waals surface area contributed by atoms with Gasteiger partial charge < -0.3 is 10.2 Å². The Hall–Kier alpha value is -1.09. The van der Waals surface area contributed by atoms with Crippen molar-refractivity contribution in [2.75, 3.05) is 24.5 Å². The molecule has 1 unspecified atom stereocenters. The van der Waals surface area contributed by atoms with E-state index in [4.69, 9.17) is 0 Å². The van der Waals surface area contributed by atoms with E-state index < -0.39 is 0 Å². The number of nitrogens with zero attached hydrogens (tertiary/aromatic N) is 1. The molecule has 2 rings (SSSR count). The summed E-state index contributed by atoms with van der Waals surface area (Å²) in [4.78, 5) is 2.35. The third kappa shape index (κ3) is 3.27. The number of nitrogens with one attached hydrogen (secondary N) is 1. The molecule has 1 heterocycles. The predicted molar refractivity (Wildman–Crippen MR) is 78.9 cm³/mol. The van der Waals surface area contributed by atoms with Crippen LogP contribution in [0.5, 0.6) is 0 Å². The first kappa shape index (κ1) is 14.3. The number of hydrogen-bond acceptors (Lipinski definition) is 2. The Balaban J connectivity index is 2.18. The van der Waals surface area contributed by atoms with Crippen LogP contribution < -0.4 is 10.2 Å². The van der Waals surface area contributed by atoms with E-state index in [9.17, 15) is 4.39 Å². The summed E-state index contributed by atoms with van der Waals surface area (Å²) < 4.78 is 14.0. The summed E-state index contributed by atoms with van der Waals surface area (Å²) in [5, 5.41) is 3.24. The molecule has 0 aromatic heterocycles. The Morgan fingerprint density at radius 3 is 2.84 bits per heavy atom. The Morgan fingerprint density at radius 2 is 2.21 bits per heavy atom. The lowest BCUT2D eigenvalue weighted by Gasteiger charge is -2.23. The van der Waals surface area contributed by atoms with Crippen molar-refractivity contribution in [3.8, 4) is 0 Å². The summed E-state index contributed by atoms with van der Waals surface area (Å²) in [6.45, 7) is 10.2. The number of benzene rings is 1. The molecule has 106 valence electrons. The number of hydrogen-bond donors (Lipinski definition) is 1. The van der Waals surface area contributed by atoms with Crippen LogP contribution in [0.1, 0.15) is 32.8 Å². The molecule has 1 aromatic carbocycles. The summed E-state index contributed by atoms with van der Waals surface area (Å²) in [6, 6.07) is 5.44. The van der Waals surface area contributed by atoms with Crippen molar-refractivity contribution in [3.63, 3.8) is 0 Å². The third-order valence-corrected chi connectivity index (χ3v) is 4.15. The molecular weight excluding hydrogens is 239 g/mol. The maximum absolute atomic E-state index is 14.0. The predicted octanol–water partition coefficient (Wildman–Crippen LogP) is 3.42. The van der Waals surface area contributed by atoms with E-state index in [1.165, 1.54) is 6.42 Å². The number of rotatable bonds is 5. The molecule has 1 aliphatic rings. The van der Waals surface area contributed by atoms with E-state index in [1.807, 2.05) is 13.0 Å². The first-order valence-corrected chi connectivity index (χ1v) is 7.36. The second kappa shape index (κ2) is 6.38. The van der Waals surface area contributed by atoms with Gasteiger partial charge in [0.15, 0.2) is 0 Å². The lowest BCUT2D eigenvalue weighted by molar-refractivity contribution is 0.422. The fourth-order valence-corrected chi connectivity index (χ4v) is 2.82. The Labute approximate surface area is 116 Å². The third-order valence-electron chi connectivity index (χ3n) is 4.15. The molecule has 1 aromatic rings. The lowest BCUT2D eigenvalue weighted by atomic mass is 9.95. The monoisotopic (exact) mass is 264 g/mol. The highest BCUT2D eigenvalue weighted by atomic mass is 19.1. The summed E-state index contributed by atoms with van der Waals surface area (Å²) in [5.41, 5.74) is 1.89. The Bertz CT molecular complexity index is 417. The summed E-state index contributed by atoms with van der Waals surface area (Å²) in [5.74, 6) is 1.34. The van der Waals surface area contributed by atoms with Gasteiger partial charge in [-0.25, -0.2) is 4.39 Å². The van der Waals surface area contributed by atoms with Crippen molar-refractivity contribution in [1.82, 2.24) is 5.32 Å². The highest BCUT2D eigenvalue weighted by Crippen LogP contribution is 2.31. The zero-order chi connectivity index (χ0) is 13.8. The fourth-order valence-electron chi connectivity index (χ4n) is 2.82. The van der Waals surface area contributed by atoms with Crippen LogP contribution in [0.2, 0.25) is 0 Å². The molecule has 1 atom stereocenters. The van der Waals surface area contributed by atoms with Crippen LogP contribution in [0.25, 0.3) is 0 Å². The van der Waals surface area contributed by atoms with E-state index in [1.54, 1.807) is 6.07 Å². The quantitative estimate of drug-likeness (QED) is 0.876. The molecule has 0 saturated carbocycles. The van der Waals surface area contributed by atoms with Crippen LogP contribution in [-0.2, 0) is 6.54 Å². The van der Waals surface area contributed by atoms with Gasteiger partial charge in [0.2, 0.25) is 0 Å². The Kier molecular flexibility index (Phi) is 4.81. The highest BCUT2D eigenvalue weighted by molar-refractivity contribution is 5.55. The van der Waals surface area contributed by atoms with Crippen molar-refractivity contribution in [2.45, 2.75) is 33.7 Å². The topological polar surface area (TPSA) is 15.3 Å². The summed E-state index contributed by atoms with van der Waals surface area (Å²) >= 11 is 0. The van der Waals surface area contributed by atoms with E-state index >= 15 is 0 Å². The lowest BCUT2D eigenvalue weighted by Crippen LogP contribution is -2.24. The van der Waals surface area contributed by atoms with Gasteiger partial charge in [-0.15, -0.1) is 0 Å². The number of anilines is 1. The molecule has 3 heteroatoms. The fraction of sp³-hybridized carbons (Fsp3) is 0.625. The standard InChI is InChI=1S/C16H25FN2/c1-4-18-10-14-15(17)6-5-7-16(14)19-9-8-13(11-19)12(2)3/h5-7,12-13,18H,4,8-11H2,1-3H3. The van der Waals surface area contributed by atoms with Gasteiger partial charge in [-0.2, -0.15) is 0 Å². The van der Waals surface area contributed by atoms with Crippen molar-refractivity contribution in [1.29, 1.82) is 0 Å². The minimum Gasteiger partial charge on any atom is -0.371 e. The van der Waals surface area contributed by atoms with Crippen LogP contribution in [0.3, 0.4) is 0 Å². The molecule has 2 nitrogen and oxygen atoms in total. The van der Waals surface area contributed by atoms with Crippen LogP contribution in [0, 0.1) is 17.7 Å². The van der Waals surface area contributed by atoms with Gasteiger partial charge >= 0.3 is 0 Å². The van der Waals surface area contributed by atoms with Gasteiger partial charge in [0.05, 0.1) is 0 Å². The average Bonchev–Trinajstić information content (AvgIpc) is 2.86. The average molecular weight is 264 g/mol. The van der Waals surface area contributed by atoms with Crippen molar-refractivity contribution in [3.05, 3.63) is 29.6 Å². The maximum Gasteiger partial charge on any atom is 0.129 e. The van der Waals surface area contributed by atoms with Gasteiger partial charge in [-0.3, -0.25) is 0 Å². The normalized spacial score (nSPS) is 19.4. The van der Waals surface area contributed by atoms with E-state index in [0.717, 1.165) is 36.8 Å². The minimum absolute atomic E-state index is 0.0913. The Morgan fingerprint density at radius 1 is 1.42 bits per heavy atom. The van der Waals surface area contributed by atoms with Crippen molar-refractivity contribution >= 4 is 5.69 Å². The highest BCUT2D eigenvalue weighted by Gasteiger charge is 2.26. The van der Waals surface area contributed by atoms with Crippen LogP contribution >= 0.6 is 0 Å². The summed E-state index contributed by atoms with van der Waals surface area (Å²) in [7, 11) is 0. The minimum atomic E-state index is -0.0913. The smallest absolute Gasteiger partial charge is 0.129 e. The van der Waals surface area contributed by atoms with E-state index in [-0.39, 0.29) is 5.82 Å². The molecule has 1 aliphatic heterocycles. The molecule has 0 radical (unpaired) electrons.